The van der Waals surface area contributed by atoms with Crippen molar-refractivity contribution in [3.8, 4) is 6.07 Å². The third-order valence-corrected chi connectivity index (χ3v) is 6.79. The molecule has 0 aromatic heterocycles. The fourth-order valence-electron chi connectivity index (χ4n) is 3.22. The molecule has 1 N–H and O–H groups in total. The summed E-state index contributed by atoms with van der Waals surface area (Å²) < 4.78 is 28.0. The molecule has 1 unspecified atom stereocenters. The highest BCUT2D eigenvalue weighted by molar-refractivity contribution is 7.89. The van der Waals surface area contributed by atoms with Crippen molar-refractivity contribution in [1.29, 1.82) is 5.26 Å². The Balaban J connectivity index is 2.03. The molecule has 1 aliphatic rings. The number of benzene rings is 2. The van der Waals surface area contributed by atoms with Crippen molar-refractivity contribution in [2.45, 2.75) is 36.7 Å². The van der Waals surface area contributed by atoms with Crippen LogP contribution in [0.15, 0.2) is 53.4 Å². The number of carbonyl (C=O) groups excluding carboxylic acids is 1. The third kappa shape index (κ3) is 4.53. The first-order chi connectivity index (χ1) is 13.4. The van der Waals surface area contributed by atoms with Gasteiger partial charge in [-0.3, -0.25) is 4.79 Å². The normalized spacial score (nSPS) is 17.6. The molecule has 1 fully saturated rings. The zero-order chi connectivity index (χ0) is 20.1. The lowest BCUT2D eigenvalue weighted by Gasteiger charge is -2.29. The molecule has 3 rings (SSSR count). The fraction of sp³-hybridized carbons (Fsp3) is 0.300. The van der Waals surface area contributed by atoms with E-state index >= 15 is 0 Å². The minimum absolute atomic E-state index is 0.00142. The molecule has 1 atom stereocenters. The van der Waals surface area contributed by atoms with E-state index in [0.717, 1.165) is 12.8 Å². The second kappa shape index (κ2) is 8.74. The van der Waals surface area contributed by atoms with Crippen molar-refractivity contribution >= 4 is 27.5 Å². The van der Waals surface area contributed by atoms with E-state index < -0.39 is 16.1 Å². The molecule has 0 saturated carbocycles. The summed E-state index contributed by atoms with van der Waals surface area (Å²) in [7, 11) is -3.95. The van der Waals surface area contributed by atoms with Crippen LogP contribution in [0.2, 0.25) is 5.02 Å². The standard InChI is InChI=1S/C20H20ClN3O3S/c21-17-7-9-18(10-8-17)28(26,27)24(19-6-1-2-11-23-20(19)25)14-16-5-3-4-15(12-16)13-22/h3-5,7-10,12,19H,1-2,6,11,14H2,(H,23,25). The highest BCUT2D eigenvalue weighted by Crippen LogP contribution is 2.26. The van der Waals surface area contributed by atoms with Gasteiger partial charge in [-0.1, -0.05) is 23.7 Å². The van der Waals surface area contributed by atoms with Gasteiger partial charge in [0.05, 0.1) is 16.5 Å². The monoisotopic (exact) mass is 417 g/mol. The summed E-state index contributed by atoms with van der Waals surface area (Å²) in [4.78, 5) is 12.7. The number of nitrogens with one attached hydrogen (secondary N) is 1. The highest BCUT2D eigenvalue weighted by Gasteiger charge is 2.36. The van der Waals surface area contributed by atoms with Crippen molar-refractivity contribution in [2.75, 3.05) is 6.54 Å². The SMILES string of the molecule is N#Cc1cccc(CN(C2CCCCNC2=O)S(=O)(=O)c2ccc(Cl)cc2)c1. The van der Waals surface area contributed by atoms with E-state index in [1.54, 1.807) is 24.3 Å². The van der Waals surface area contributed by atoms with Crippen LogP contribution >= 0.6 is 11.6 Å². The van der Waals surface area contributed by atoms with Crippen LogP contribution in [0.25, 0.3) is 0 Å². The molecule has 1 aliphatic heterocycles. The second-order valence-corrected chi connectivity index (χ2v) is 8.95. The summed E-state index contributed by atoms with van der Waals surface area (Å²) >= 11 is 5.89. The van der Waals surface area contributed by atoms with Gasteiger partial charge in [0.25, 0.3) is 0 Å². The van der Waals surface area contributed by atoms with Crippen LogP contribution in [0.1, 0.15) is 30.4 Å². The average molecular weight is 418 g/mol. The molecule has 2 aromatic carbocycles. The van der Waals surface area contributed by atoms with Crippen molar-refractivity contribution in [3.05, 3.63) is 64.7 Å². The van der Waals surface area contributed by atoms with E-state index in [1.165, 1.54) is 28.6 Å². The summed E-state index contributed by atoms with van der Waals surface area (Å²) in [5, 5.41) is 12.4. The average Bonchev–Trinajstić information content (AvgIpc) is 2.90. The maximum absolute atomic E-state index is 13.4. The lowest BCUT2D eigenvalue weighted by atomic mass is 10.1. The largest absolute Gasteiger partial charge is 0.355 e. The van der Waals surface area contributed by atoms with E-state index in [-0.39, 0.29) is 17.3 Å². The molecule has 2 aromatic rings. The van der Waals surface area contributed by atoms with Crippen molar-refractivity contribution in [1.82, 2.24) is 9.62 Å². The van der Waals surface area contributed by atoms with Gasteiger partial charge in [-0.15, -0.1) is 0 Å². The van der Waals surface area contributed by atoms with Gasteiger partial charge < -0.3 is 5.32 Å². The fourth-order valence-corrected chi connectivity index (χ4v) is 4.95. The first kappa shape index (κ1) is 20.3. The summed E-state index contributed by atoms with van der Waals surface area (Å²) in [6.07, 6.45) is 1.99. The zero-order valence-electron chi connectivity index (χ0n) is 15.1. The molecular weight excluding hydrogens is 398 g/mol. The molecule has 1 amide bonds. The Hall–Kier alpha value is -2.40. The summed E-state index contributed by atoms with van der Waals surface area (Å²) in [5.41, 5.74) is 1.08. The maximum Gasteiger partial charge on any atom is 0.244 e. The Morgan fingerprint density at radius 2 is 1.93 bits per heavy atom. The number of nitrogens with zero attached hydrogens (tertiary/aromatic N) is 2. The molecule has 1 saturated heterocycles. The Morgan fingerprint density at radius 3 is 2.64 bits per heavy atom. The van der Waals surface area contributed by atoms with Crippen LogP contribution in [0.4, 0.5) is 0 Å². The molecule has 6 nitrogen and oxygen atoms in total. The third-order valence-electron chi connectivity index (χ3n) is 4.67. The lowest BCUT2D eigenvalue weighted by Crippen LogP contribution is -2.48. The quantitative estimate of drug-likeness (QED) is 0.809. The Labute approximate surface area is 169 Å². The Kier molecular flexibility index (Phi) is 6.35. The van der Waals surface area contributed by atoms with Crippen LogP contribution in [-0.4, -0.2) is 31.2 Å². The van der Waals surface area contributed by atoms with Gasteiger partial charge in [0.15, 0.2) is 0 Å². The lowest BCUT2D eigenvalue weighted by molar-refractivity contribution is -0.124. The first-order valence-electron chi connectivity index (χ1n) is 8.96. The van der Waals surface area contributed by atoms with Crippen molar-refractivity contribution in [3.63, 3.8) is 0 Å². The predicted molar refractivity (Wildman–Crippen MR) is 106 cm³/mol. The van der Waals surface area contributed by atoms with Gasteiger partial charge in [0.2, 0.25) is 15.9 Å². The summed E-state index contributed by atoms with van der Waals surface area (Å²) in [5.74, 6) is -0.300. The van der Waals surface area contributed by atoms with E-state index in [2.05, 4.69) is 11.4 Å². The Morgan fingerprint density at radius 1 is 1.18 bits per heavy atom. The predicted octanol–water partition coefficient (Wildman–Crippen LogP) is 3.07. The molecule has 0 radical (unpaired) electrons. The maximum atomic E-state index is 13.4. The van der Waals surface area contributed by atoms with Gasteiger partial charge in [0, 0.05) is 18.1 Å². The number of rotatable bonds is 5. The molecule has 8 heteroatoms. The van der Waals surface area contributed by atoms with Crippen LogP contribution in [0.3, 0.4) is 0 Å². The van der Waals surface area contributed by atoms with E-state index in [1.807, 2.05) is 0 Å². The number of hydrogen-bond donors (Lipinski definition) is 1. The molecule has 0 bridgehead atoms. The molecular formula is C20H20ClN3O3S. The number of hydrogen-bond acceptors (Lipinski definition) is 4. The number of nitriles is 1. The van der Waals surface area contributed by atoms with Gasteiger partial charge in [-0.2, -0.15) is 9.57 Å². The number of halogens is 1. The molecule has 0 aliphatic carbocycles. The van der Waals surface area contributed by atoms with Gasteiger partial charge >= 0.3 is 0 Å². The molecule has 0 spiro atoms. The van der Waals surface area contributed by atoms with Crippen LogP contribution in [0.5, 0.6) is 0 Å². The topological polar surface area (TPSA) is 90.3 Å². The van der Waals surface area contributed by atoms with Gasteiger partial charge in [-0.05, 0) is 61.2 Å². The second-order valence-electron chi connectivity index (χ2n) is 6.62. The van der Waals surface area contributed by atoms with E-state index in [0.29, 0.717) is 29.1 Å². The van der Waals surface area contributed by atoms with Gasteiger partial charge in [-0.25, -0.2) is 8.42 Å². The zero-order valence-corrected chi connectivity index (χ0v) is 16.7. The number of carbonyl (C=O) groups is 1. The highest BCUT2D eigenvalue weighted by atomic mass is 35.5. The van der Waals surface area contributed by atoms with Crippen LogP contribution in [-0.2, 0) is 21.4 Å². The van der Waals surface area contributed by atoms with Crippen molar-refractivity contribution < 1.29 is 13.2 Å². The first-order valence-corrected chi connectivity index (χ1v) is 10.8. The van der Waals surface area contributed by atoms with Gasteiger partial charge in [0.1, 0.15) is 6.04 Å². The Bertz CT molecular complexity index is 1000. The smallest absolute Gasteiger partial charge is 0.244 e. The minimum Gasteiger partial charge on any atom is -0.355 e. The van der Waals surface area contributed by atoms with Crippen LogP contribution < -0.4 is 5.32 Å². The summed E-state index contributed by atoms with van der Waals surface area (Å²) in [6.45, 7) is 0.534. The summed E-state index contributed by atoms with van der Waals surface area (Å²) in [6, 6.07) is 13.9. The molecule has 146 valence electrons. The number of amides is 1. The van der Waals surface area contributed by atoms with E-state index in [4.69, 9.17) is 16.9 Å². The molecule has 1 heterocycles. The minimum atomic E-state index is -3.95. The molecule has 28 heavy (non-hydrogen) atoms. The van der Waals surface area contributed by atoms with Crippen LogP contribution in [0, 0.1) is 11.3 Å². The van der Waals surface area contributed by atoms with E-state index in [9.17, 15) is 13.2 Å². The number of sulfonamides is 1. The van der Waals surface area contributed by atoms with Crippen molar-refractivity contribution in [2.24, 2.45) is 0 Å².